The zero-order valence-electron chi connectivity index (χ0n) is 13.4. The van der Waals surface area contributed by atoms with Crippen molar-refractivity contribution >= 4 is 11.7 Å². The van der Waals surface area contributed by atoms with E-state index in [1.165, 1.54) is 0 Å². The molecule has 1 aromatic rings. The Hall–Kier alpha value is -1.68. The van der Waals surface area contributed by atoms with Crippen molar-refractivity contribution in [2.45, 2.75) is 40.7 Å². The second-order valence-electron chi connectivity index (χ2n) is 6.56. The van der Waals surface area contributed by atoms with Gasteiger partial charge < -0.3 is 10.4 Å². The average Bonchev–Trinajstić information content (AvgIpc) is 2.43. The second kappa shape index (κ2) is 6.85. The first-order valence-corrected chi connectivity index (χ1v) is 7.22. The van der Waals surface area contributed by atoms with Gasteiger partial charge in [-0.3, -0.25) is 9.59 Å². The molecule has 0 aliphatic heterocycles. The molecule has 4 heteroatoms. The summed E-state index contributed by atoms with van der Waals surface area (Å²) in [5.41, 5.74) is 0.922. The number of rotatable bonds is 6. The second-order valence-corrected chi connectivity index (χ2v) is 6.56. The van der Waals surface area contributed by atoms with Crippen molar-refractivity contribution in [1.29, 1.82) is 0 Å². The van der Waals surface area contributed by atoms with Crippen LogP contribution in [0.2, 0.25) is 0 Å². The van der Waals surface area contributed by atoms with Gasteiger partial charge in [0.15, 0.2) is 0 Å². The molecule has 21 heavy (non-hydrogen) atoms. The normalized spacial score (nSPS) is 13.1. The molecule has 0 spiro atoms. The Labute approximate surface area is 126 Å². The quantitative estimate of drug-likeness (QED) is 0.624. The third-order valence-corrected chi connectivity index (χ3v) is 3.66. The van der Waals surface area contributed by atoms with Crippen molar-refractivity contribution in [1.82, 2.24) is 5.32 Å². The SMILES string of the molecule is Cc1ccc(C(=O)C(=O)NCC(C)(C)C(O)C(C)C)cc1. The first-order chi connectivity index (χ1) is 9.65. The van der Waals surface area contributed by atoms with Gasteiger partial charge in [0.25, 0.3) is 5.91 Å². The molecule has 0 saturated heterocycles. The highest BCUT2D eigenvalue weighted by molar-refractivity contribution is 6.42. The van der Waals surface area contributed by atoms with E-state index in [0.717, 1.165) is 5.56 Å². The molecule has 4 nitrogen and oxygen atoms in total. The number of carbonyl (C=O) groups is 2. The van der Waals surface area contributed by atoms with Crippen LogP contribution in [0.15, 0.2) is 24.3 Å². The number of benzene rings is 1. The Balaban J connectivity index is 2.65. The van der Waals surface area contributed by atoms with Crippen LogP contribution in [0.1, 0.15) is 43.6 Å². The van der Waals surface area contributed by atoms with Crippen LogP contribution in [0.5, 0.6) is 0 Å². The van der Waals surface area contributed by atoms with Crippen LogP contribution in [-0.4, -0.2) is 29.4 Å². The van der Waals surface area contributed by atoms with Crippen LogP contribution in [0, 0.1) is 18.3 Å². The zero-order chi connectivity index (χ0) is 16.2. The summed E-state index contributed by atoms with van der Waals surface area (Å²) in [6, 6.07) is 6.89. The predicted octanol–water partition coefficient (Wildman–Crippen LogP) is 2.34. The molecule has 0 saturated carbocycles. The minimum atomic E-state index is -0.636. The van der Waals surface area contributed by atoms with E-state index in [9.17, 15) is 14.7 Å². The Bertz CT molecular complexity index is 503. The van der Waals surface area contributed by atoms with Gasteiger partial charge in [-0.25, -0.2) is 0 Å². The number of ketones is 1. The molecule has 0 heterocycles. The van der Waals surface area contributed by atoms with E-state index in [4.69, 9.17) is 0 Å². The maximum Gasteiger partial charge on any atom is 0.292 e. The lowest BCUT2D eigenvalue weighted by molar-refractivity contribution is -0.118. The Kier molecular flexibility index (Phi) is 5.67. The molecule has 1 amide bonds. The topological polar surface area (TPSA) is 66.4 Å². The van der Waals surface area contributed by atoms with E-state index in [-0.39, 0.29) is 12.5 Å². The molecular weight excluding hydrogens is 266 g/mol. The molecule has 2 N–H and O–H groups in total. The number of Topliss-reactive ketones (excluding diaryl/α,β-unsaturated/α-hetero) is 1. The van der Waals surface area contributed by atoms with Crippen molar-refractivity contribution in [3.05, 3.63) is 35.4 Å². The number of amides is 1. The largest absolute Gasteiger partial charge is 0.392 e. The highest BCUT2D eigenvalue weighted by Crippen LogP contribution is 2.25. The van der Waals surface area contributed by atoms with Crippen LogP contribution in [-0.2, 0) is 4.79 Å². The fourth-order valence-corrected chi connectivity index (χ4v) is 2.23. The number of hydrogen-bond acceptors (Lipinski definition) is 3. The lowest BCUT2D eigenvalue weighted by Crippen LogP contribution is -2.45. The van der Waals surface area contributed by atoms with Gasteiger partial charge in [0.2, 0.25) is 5.78 Å². The molecule has 0 radical (unpaired) electrons. The van der Waals surface area contributed by atoms with Crippen molar-refractivity contribution in [2.24, 2.45) is 11.3 Å². The molecule has 116 valence electrons. The van der Waals surface area contributed by atoms with Gasteiger partial charge in [0.05, 0.1) is 6.10 Å². The van der Waals surface area contributed by atoms with Crippen LogP contribution in [0.4, 0.5) is 0 Å². The number of aliphatic hydroxyl groups excluding tert-OH is 1. The van der Waals surface area contributed by atoms with E-state index in [1.807, 2.05) is 34.6 Å². The van der Waals surface area contributed by atoms with Gasteiger partial charge in [-0.2, -0.15) is 0 Å². The van der Waals surface area contributed by atoms with E-state index < -0.39 is 23.2 Å². The van der Waals surface area contributed by atoms with E-state index in [1.54, 1.807) is 24.3 Å². The minimum absolute atomic E-state index is 0.0877. The molecule has 0 fully saturated rings. The van der Waals surface area contributed by atoms with E-state index in [2.05, 4.69) is 5.32 Å². The maximum atomic E-state index is 12.0. The third kappa shape index (κ3) is 4.67. The molecular formula is C17H25NO3. The summed E-state index contributed by atoms with van der Waals surface area (Å²) in [6.45, 7) is 9.76. The fraction of sp³-hybridized carbons (Fsp3) is 0.529. The van der Waals surface area contributed by atoms with Gasteiger partial charge in [-0.05, 0) is 12.8 Å². The molecule has 1 unspecified atom stereocenters. The Morgan fingerprint density at radius 3 is 2.19 bits per heavy atom. The summed E-state index contributed by atoms with van der Waals surface area (Å²) < 4.78 is 0. The van der Waals surface area contributed by atoms with Crippen LogP contribution < -0.4 is 5.32 Å². The Morgan fingerprint density at radius 1 is 1.19 bits per heavy atom. The minimum Gasteiger partial charge on any atom is -0.392 e. The monoisotopic (exact) mass is 291 g/mol. The highest BCUT2D eigenvalue weighted by atomic mass is 16.3. The number of hydrogen-bond donors (Lipinski definition) is 2. The summed E-state index contributed by atoms with van der Waals surface area (Å²) in [5.74, 6) is -1.10. The van der Waals surface area contributed by atoms with Gasteiger partial charge in [0.1, 0.15) is 0 Å². The standard InChI is InChI=1S/C17H25NO3/c1-11(2)15(20)17(4,5)10-18-16(21)14(19)13-8-6-12(3)7-9-13/h6-9,11,15,20H,10H2,1-5H3,(H,18,21). The van der Waals surface area contributed by atoms with E-state index >= 15 is 0 Å². The number of carbonyl (C=O) groups excluding carboxylic acids is 2. The average molecular weight is 291 g/mol. The summed E-state index contributed by atoms with van der Waals surface area (Å²) in [6.07, 6.45) is -0.549. The first kappa shape index (κ1) is 17.4. The molecule has 1 rings (SSSR count). The molecule has 0 aliphatic rings. The zero-order valence-corrected chi connectivity index (χ0v) is 13.4. The summed E-state index contributed by atoms with van der Waals surface area (Å²) >= 11 is 0. The molecule has 0 aromatic heterocycles. The number of nitrogens with one attached hydrogen (secondary N) is 1. The maximum absolute atomic E-state index is 12.0. The first-order valence-electron chi connectivity index (χ1n) is 7.22. The lowest BCUT2D eigenvalue weighted by Gasteiger charge is -2.33. The van der Waals surface area contributed by atoms with Crippen LogP contribution in [0.25, 0.3) is 0 Å². The van der Waals surface area contributed by atoms with Crippen molar-refractivity contribution in [2.75, 3.05) is 6.54 Å². The molecule has 1 aromatic carbocycles. The Morgan fingerprint density at radius 2 is 1.71 bits per heavy atom. The van der Waals surface area contributed by atoms with Crippen molar-refractivity contribution in [3.8, 4) is 0 Å². The van der Waals surface area contributed by atoms with Gasteiger partial charge in [-0.15, -0.1) is 0 Å². The molecule has 0 aliphatic carbocycles. The van der Waals surface area contributed by atoms with Crippen LogP contribution in [0.3, 0.4) is 0 Å². The van der Waals surface area contributed by atoms with E-state index in [0.29, 0.717) is 5.56 Å². The highest BCUT2D eigenvalue weighted by Gasteiger charge is 2.31. The smallest absolute Gasteiger partial charge is 0.292 e. The van der Waals surface area contributed by atoms with Gasteiger partial charge in [-0.1, -0.05) is 57.5 Å². The number of aryl methyl sites for hydroxylation is 1. The third-order valence-electron chi connectivity index (χ3n) is 3.66. The molecule has 1 atom stereocenters. The number of aliphatic hydroxyl groups is 1. The molecule has 0 bridgehead atoms. The van der Waals surface area contributed by atoms with Crippen LogP contribution >= 0.6 is 0 Å². The summed E-state index contributed by atoms with van der Waals surface area (Å²) in [7, 11) is 0. The van der Waals surface area contributed by atoms with Gasteiger partial charge >= 0.3 is 0 Å². The fourth-order valence-electron chi connectivity index (χ4n) is 2.23. The predicted molar refractivity (Wildman–Crippen MR) is 83.1 cm³/mol. The summed E-state index contributed by atoms with van der Waals surface area (Å²) in [5, 5.41) is 12.7. The van der Waals surface area contributed by atoms with Crippen molar-refractivity contribution in [3.63, 3.8) is 0 Å². The summed E-state index contributed by atoms with van der Waals surface area (Å²) in [4.78, 5) is 23.9. The lowest BCUT2D eigenvalue weighted by atomic mass is 9.80. The van der Waals surface area contributed by atoms with Gasteiger partial charge in [0, 0.05) is 17.5 Å². The van der Waals surface area contributed by atoms with Crippen molar-refractivity contribution < 1.29 is 14.7 Å².